The normalized spacial score (nSPS) is 20.8. The highest BCUT2D eigenvalue weighted by atomic mass is 32.2. The van der Waals surface area contributed by atoms with E-state index in [9.17, 15) is 8.42 Å². The molecule has 2 rings (SSSR count). The van der Waals surface area contributed by atoms with E-state index in [0.717, 1.165) is 13.0 Å². The third-order valence-corrected chi connectivity index (χ3v) is 5.83. The van der Waals surface area contributed by atoms with Crippen molar-refractivity contribution in [3.05, 3.63) is 18.5 Å². The standard InChI is InChI=1S/C14H25N3O2S/c1-12(2)17(10-13-6-4-5-8-15-13)20(18,19)14-7-9-16(3)11-14/h7,9,11-13,15H,4-6,8,10H2,1-3H3. The van der Waals surface area contributed by atoms with E-state index in [0.29, 0.717) is 11.4 Å². The van der Waals surface area contributed by atoms with Gasteiger partial charge in [-0.25, -0.2) is 8.42 Å². The number of aryl methyl sites for hydroxylation is 1. The van der Waals surface area contributed by atoms with Crippen LogP contribution in [0.4, 0.5) is 0 Å². The fraction of sp³-hybridized carbons (Fsp3) is 0.714. The smallest absolute Gasteiger partial charge is 0.244 e. The van der Waals surface area contributed by atoms with Gasteiger partial charge in [-0.3, -0.25) is 0 Å². The summed E-state index contributed by atoms with van der Waals surface area (Å²) < 4.78 is 28.9. The van der Waals surface area contributed by atoms with Gasteiger partial charge in [0.1, 0.15) is 0 Å². The van der Waals surface area contributed by atoms with E-state index in [-0.39, 0.29) is 12.1 Å². The molecular weight excluding hydrogens is 274 g/mol. The van der Waals surface area contributed by atoms with E-state index in [2.05, 4.69) is 5.32 Å². The summed E-state index contributed by atoms with van der Waals surface area (Å²) in [6.07, 6.45) is 6.84. The molecule has 1 aromatic heterocycles. The number of hydrogen-bond acceptors (Lipinski definition) is 3. The van der Waals surface area contributed by atoms with Crippen molar-refractivity contribution in [1.82, 2.24) is 14.2 Å². The Kier molecular flexibility index (Phi) is 4.88. The van der Waals surface area contributed by atoms with Crippen LogP contribution in [0.15, 0.2) is 23.4 Å². The topological polar surface area (TPSA) is 54.3 Å². The molecule has 1 atom stereocenters. The van der Waals surface area contributed by atoms with Crippen LogP contribution in [-0.4, -0.2) is 42.5 Å². The largest absolute Gasteiger partial charge is 0.356 e. The second-order valence-corrected chi connectivity index (χ2v) is 7.72. The maximum atomic E-state index is 12.7. The van der Waals surface area contributed by atoms with Gasteiger partial charge in [0.05, 0.1) is 4.90 Å². The fourth-order valence-electron chi connectivity index (χ4n) is 2.65. The molecule has 2 heterocycles. The zero-order chi connectivity index (χ0) is 14.8. The number of hydrogen-bond donors (Lipinski definition) is 1. The molecule has 0 amide bonds. The zero-order valence-corrected chi connectivity index (χ0v) is 13.4. The summed E-state index contributed by atoms with van der Waals surface area (Å²) in [6.45, 7) is 5.41. The zero-order valence-electron chi connectivity index (χ0n) is 12.5. The highest BCUT2D eigenvalue weighted by Crippen LogP contribution is 2.20. The Balaban J connectivity index is 2.19. The lowest BCUT2D eigenvalue weighted by Gasteiger charge is -2.32. The first kappa shape index (κ1) is 15.5. The summed E-state index contributed by atoms with van der Waals surface area (Å²) in [7, 11) is -1.57. The first-order chi connectivity index (χ1) is 9.41. The van der Waals surface area contributed by atoms with Gasteiger partial charge in [-0.1, -0.05) is 6.42 Å². The molecule has 0 aliphatic carbocycles. The predicted octanol–water partition coefficient (Wildman–Crippen LogP) is 1.57. The molecule has 6 heteroatoms. The molecule has 1 saturated heterocycles. The van der Waals surface area contributed by atoms with Gasteiger partial charge in [0.15, 0.2) is 0 Å². The van der Waals surface area contributed by atoms with Crippen LogP contribution >= 0.6 is 0 Å². The fourth-order valence-corrected chi connectivity index (χ4v) is 4.38. The number of aromatic nitrogens is 1. The van der Waals surface area contributed by atoms with Crippen molar-refractivity contribution in [1.29, 1.82) is 0 Å². The molecular formula is C14H25N3O2S. The van der Waals surface area contributed by atoms with Crippen LogP contribution in [0.25, 0.3) is 0 Å². The highest BCUT2D eigenvalue weighted by molar-refractivity contribution is 7.89. The van der Waals surface area contributed by atoms with Gasteiger partial charge in [0, 0.05) is 38.1 Å². The molecule has 1 fully saturated rings. The van der Waals surface area contributed by atoms with Crippen LogP contribution in [0.1, 0.15) is 33.1 Å². The molecule has 0 aromatic carbocycles. The average molecular weight is 299 g/mol. The number of piperidine rings is 1. The lowest BCUT2D eigenvalue weighted by molar-refractivity contribution is 0.282. The van der Waals surface area contributed by atoms with Crippen LogP contribution in [0.2, 0.25) is 0 Å². The Morgan fingerprint density at radius 2 is 2.20 bits per heavy atom. The molecule has 0 spiro atoms. The van der Waals surface area contributed by atoms with Crippen molar-refractivity contribution in [2.24, 2.45) is 7.05 Å². The molecule has 1 unspecified atom stereocenters. The van der Waals surface area contributed by atoms with E-state index in [1.807, 2.05) is 20.9 Å². The van der Waals surface area contributed by atoms with Crippen molar-refractivity contribution in [3.8, 4) is 0 Å². The molecule has 1 aliphatic rings. The molecule has 114 valence electrons. The molecule has 0 bridgehead atoms. The minimum atomic E-state index is -3.41. The minimum Gasteiger partial charge on any atom is -0.356 e. The van der Waals surface area contributed by atoms with Crippen molar-refractivity contribution in [3.63, 3.8) is 0 Å². The van der Waals surface area contributed by atoms with E-state index in [1.165, 1.54) is 12.8 Å². The van der Waals surface area contributed by atoms with E-state index in [4.69, 9.17) is 0 Å². The molecule has 20 heavy (non-hydrogen) atoms. The molecule has 0 radical (unpaired) electrons. The number of nitrogens with one attached hydrogen (secondary N) is 1. The number of sulfonamides is 1. The van der Waals surface area contributed by atoms with Gasteiger partial charge in [0.25, 0.3) is 0 Å². The first-order valence-corrected chi connectivity index (χ1v) is 8.72. The SMILES string of the molecule is CC(C)N(CC1CCCCN1)S(=O)(=O)c1ccn(C)c1. The third kappa shape index (κ3) is 3.42. The Hall–Kier alpha value is -0.850. The van der Waals surface area contributed by atoms with Gasteiger partial charge in [-0.15, -0.1) is 0 Å². The molecule has 1 aromatic rings. The second kappa shape index (κ2) is 6.28. The van der Waals surface area contributed by atoms with Crippen molar-refractivity contribution >= 4 is 10.0 Å². The molecule has 1 N–H and O–H groups in total. The first-order valence-electron chi connectivity index (χ1n) is 7.28. The van der Waals surface area contributed by atoms with E-state index < -0.39 is 10.0 Å². The third-order valence-electron chi connectivity index (χ3n) is 3.80. The minimum absolute atomic E-state index is 0.0380. The van der Waals surface area contributed by atoms with Crippen molar-refractivity contribution in [2.75, 3.05) is 13.1 Å². The van der Waals surface area contributed by atoms with Crippen molar-refractivity contribution < 1.29 is 8.42 Å². The van der Waals surface area contributed by atoms with Crippen LogP contribution in [0, 0.1) is 0 Å². The van der Waals surface area contributed by atoms with Crippen LogP contribution in [0.3, 0.4) is 0 Å². The summed E-state index contributed by atoms with van der Waals surface area (Å²) in [4.78, 5) is 0.379. The highest BCUT2D eigenvalue weighted by Gasteiger charge is 2.30. The average Bonchev–Trinajstić information content (AvgIpc) is 2.84. The molecule has 5 nitrogen and oxygen atoms in total. The van der Waals surface area contributed by atoms with Crippen LogP contribution in [-0.2, 0) is 17.1 Å². The maximum Gasteiger partial charge on any atom is 0.244 e. The monoisotopic (exact) mass is 299 g/mol. The Morgan fingerprint density at radius 1 is 1.45 bits per heavy atom. The Labute approximate surface area is 122 Å². The summed E-state index contributed by atoms with van der Waals surface area (Å²) in [5.74, 6) is 0. The van der Waals surface area contributed by atoms with Gasteiger partial charge < -0.3 is 9.88 Å². The quantitative estimate of drug-likeness (QED) is 0.898. The molecule has 0 saturated carbocycles. The molecule has 1 aliphatic heterocycles. The predicted molar refractivity (Wildman–Crippen MR) is 80.1 cm³/mol. The number of rotatable bonds is 5. The van der Waals surface area contributed by atoms with Gasteiger partial charge in [0.2, 0.25) is 10.0 Å². The van der Waals surface area contributed by atoms with E-state index in [1.54, 1.807) is 27.3 Å². The van der Waals surface area contributed by atoms with Gasteiger partial charge in [-0.05, 0) is 39.3 Å². The van der Waals surface area contributed by atoms with Gasteiger partial charge >= 0.3 is 0 Å². The lowest BCUT2D eigenvalue weighted by atomic mass is 10.1. The van der Waals surface area contributed by atoms with Crippen LogP contribution < -0.4 is 5.32 Å². The second-order valence-electron chi connectivity index (χ2n) is 5.83. The van der Waals surface area contributed by atoms with E-state index >= 15 is 0 Å². The number of nitrogens with zero attached hydrogens (tertiary/aromatic N) is 2. The Bertz CT molecular complexity index is 530. The summed E-state index contributed by atoms with van der Waals surface area (Å²) >= 11 is 0. The summed E-state index contributed by atoms with van der Waals surface area (Å²) in [6, 6.07) is 1.90. The summed E-state index contributed by atoms with van der Waals surface area (Å²) in [5, 5.41) is 3.42. The van der Waals surface area contributed by atoms with Crippen LogP contribution in [0.5, 0.6) is 0 Å². The maximum absolute atomic E-state index is 12.7. The lowest BCUT2D eigenvalue weighted by Crippen LogP contribution is -2.48. The van der Waals surface area contributed by atoms with Crippen molar-refractivity contribution in [2.45, 2.75) is 50.1 Å². The van der Waals surface area contributed by atoms with Gasteiger partial charge in [-0.2, -0.15) is 4.31 Å². The summed E-state index contributed by atoms with van der Waals surface area (Å²) in [5.41, 5.74) is 0. The Morgan fingerprint density at radius 3 is 2.70 bits per heavy atom.